The predicted octanol–water partition coefficient (Wildman–Crippen LogP) is 24.0. The molecule has 5 aromatic heterocycles. The summed E-state index contributed by atoms with van der Waals surface area (Å²) in [5.41, 5.74) is 27.5. The van der Waals surface area contributed by atoms with Gasteiger partial charge >= 0.3 is 0 Å². The van der Waals surface area contributed by atoms with Crippen LogP contribution in [0.2, 0.25) is 0 Å². The second-order valence-electron chi connectivity index (χ2n) is 26.0. The zero-order chi connectivity index (χ0) is 64.1. The Morgan fingerprint density at radius 2 is 0.531 bits per heavy atom. The van der Waals surface area contributed by atoms with E-state index in [0.29, 0.717) is 5.82 Å². The van der Waals surface area contributed by atoms with Gasteiger partial charge in [0.15, 0.2) is 5.82 Å². The van der Waals surface area contributed by atoms with Crippen molar-refractivity contribution in [2.75, 3.05) is 0 Å². The third-order valence-corrected chi connectivity index (χ3v) is 20.7. The van der Waals surface area contributed by atoms with Crippen LogP contribution >= 0.6 is 0 Å². The van der Waals surface area contributed by atoms with Crippen LogP contribution in [0.5, 0.6) is 0 Å². The Kier molecular flexibility index (Phi) is 11.7. The van der Waals surface area contributed by atoms with Crippen LogP contribution in [-0.4, -0.2) is 28.2 Å². The summed E-state index contributed by atoms with van der Waals surface area (Å²) < 4.78 is 9.70. The Bertz CT molecular complexity index is 6430. The molecule has 5 heterocycles. The Hall–Kier alpha value is -13.2. The third kappa shape index (κ3) is 8.09. The molecule has 0 radical (unpaired) electrons. The molecule has 0 spiro atoms. The first-order valence-corrected chi connectivity index (χ1v) is 33.6. The lowest BCUT2D eigenvalue weighted by molar-refractivity contribution is 1.12. The highest BCUT2D eigenvalue weighted by Crippen LogP contribution is 2.52. The molecule has 0 N–H and O–H groups in total. The van der Waals surface area contributed by atoms with E-state index < -0.39 is 0 Å². The van der Waals surface area contributed by atoms with Gasteiger partial charge in [-0.2, -0.15) is 0 Å². The van der Waals surface area contributed by atoms with Gasteiger partial charge in [-0.05, 0) is 165 Å². The van der Waals surface area contributed by atoms with Crippen molar-refractivity contribution in [3.05, 3.63) is 340 Å². The molecule has 1 aliphatic rings. The number of nitrogens with zero attached hydrogens (tertiary/aromatic N) is 6. The molecule has 0 aliphatic heterocycles. The molecule has 0 saturated carbocycles. The van der Waals surface area contributed by atoms with E-state index in [4.69, 9.17) is 9.97 Å². The fourth-order valence-corrected chi connectivity index (χ4v) is 16.4. The molecule has 1 aliphatic carbocycles. The van der Waals surface area contributed by atoms with Crippen molar-refractivity contribution in [3.8, 4) is 101 Å². The summed E-state index contributed by atoms with van der Waals surface area (Å²) in [6.07, 6.45) is 0. The van der Waals surface area contributed by atoms with E-state index in [0.717, 1.165) is 106 Å². The smallest absolute Gasteiger partial charge is 0.160 e. The van der Waals surface area contributed by atoms with Gasteiger partial charge in [-0.15, -0.1) is 0 Å². The van der Waals surface area contributed by atoms with E-state index in [1.807, 2.05) is 0 Å². The van der Waals surface area contributed by atoms with Crippen LogP contribution in [0.1, 0.15) is 0 Å². The van der Waals surface area contributed by atoms with Crippen LogP contribution in [0.25, 0.3) is 199 Å². The van der Waals surface area contributed by atoms with Gasteiger partial charge in [0.05, 0.1) is 55.5 Å². The van der Waals surface area contributed by atoms with Gasteiger partial charge in [0.25, 0.3) is 0 Å². The van der Waals surface area contributed by atoms with Crippen molar-refractivity contribution in [2.45, 2.75) is 0 Å². The van der Waals surface area contributed by atoms with Crippen LogP contribution < -0.4 is 0 Å². The first-order chi connectivity index (χ1) is 48.6. The molecule has 0 fully saturated rings. The lowest BCUT2D eigenvalue weighted by Gasteiger charge is -2.18. The van der Waals surface area contributed by atoms with Gasteiger partial charge in [-0.3, -0.25) is 0 Å². The summed E-state index contributed by atoms with van der Waals surface area (Å²) in [6.45, 7) is 0. The fourth-order valence-electron chi connectivity index (χ4n) is 16.4. The normalized spacial score (nSPS) is 12.1. The number of para-hydroxylation sites is 6. The van der Waals surface area contributed by atoms with Crippen molar-refractivity contribution < 1.29 is 0 Å². The topological polar surface area (TPSA) is 45.5 Å². The standard InChI is InChI=1S/C92H56N6/c1-4-22-57(23-5-1)68-30-10-11-35-73(68)90-89-74-36-20-24-58-25-21-37-75(88(58)74)91(89)94-92(93-90)63-50-66(97-82-40-18-14-33-71(82)78-54-61(44-48-86(78)97)59-42-46-84-76(52-59)69-31-12-16-38-80(69)95(84)64-26-6-2-7-27-64)56-67(51-63)98-83-41-19-15-34-72(83)79-55-62(45-49-87(79)98)60-43-47-85-77(53-60)70-32-13-17-39-81(70)96(85)65-28-8-3-9-29-65/h1-56H. The number of hydrogen-bond acceptors (Lipinski definition) is 2. The van der Waals surface area contributed by atoms with Crippen LogP contribution in [0.3, 0.4) is 0 Å². The second-order valence-corrected chi connectivity index (χ2v) is 26.0. The summed E-state index contributed by atoms with van der Waals surface area (Å²) >= 11 is 0. The second kappa shape index (κ2) is 21.2. The van der Waals surface area contributed by atoms with E-state index >= 15 is 0 Å². The van der Waals surface area contributed by atoms with Crippen LogP contribution in [0, 0.1) is 0 Å². The number of benzene rings is 15. The lowest BCUT2D eigenvalue weighted by Crippen LogP contribution is -2.03. The molecular weight excluding hydrogens is 1190 g/mol. The zero-order valence-electron chi connectivity index (χ0n) is 53.0. The molecule has 0 atom stereocenters. The van der Waals surface area contributed by atoms with Crippen LogP contribution in [0.15, 0.2) is 340 Å². The lowest BCUT2D eigenvalue weighted by atomic mass is 9.93. The SMILES string of the molecule is c1ccc(-c2ccccc2-c2nc(-c3cc(-n4c5ccccc5c5cc(-c6ccc7c(c6)c6ccccc6n7-c6ccccc6)ccc54)cc(-n4c5ccccc5c5cc(-c6ccc7c(c6)c6ccccc6n7-c6ccccc6)ccc54)c3)nc3c2-c2cccc4cccc-3c24)cc1. The van der Waals surface area contributed by atoms with Crippen molar-refractivity contribution in [1.29, 1.82) is 0 Å². The minimum atomic E-state index is 0.647. The van der Waals surface area contributed by atoms with E-state index in [1.165, 1.54) is 87.1 Å². The fraction of sp³-hybridized carbons (Fsp3) is 0. The summed E-state index contributed by atoms with van der Waals surface area (Å²) in [5, 5.41) is 12.0. The Morgan fingerprint density at radius 3 is 0.969 bits per heavy atom. The van der Waals surface area contributed by atoms with Crippen LogP contribution in [0.4, 0.5) is 0 Å². The average Bonchev–Trinajstić information content (AvgIpc) is 1.56. The Balaban J connectivity index is 0.794. The van der Waals surface area contributed by atoms with Gasteiger partial charge in [0, 0.05) is 88.1 Å². The van der Waals surface area contributed by atoms with Gasteiger partial charge < -0.3 is 18.3 Å². The molecule has 0 bridgehead atoms. The molecule has 0 saturated heterocycles. The monoisotopic (exact) mass is 1240 g/mol. The van der Waals surface area contributed by atoms with E-state index in [2.05, 4.69) is 358 Å². The van der Waals surface area contributed by atoms with Crippen molar-refractivity contribution in [2.24, 2.45) is 0 Å². The summed E-state index contributed by atoms with van der Waals surface area (Å²) in [6, 6.07) is 124. The number of aromatic nitrogens is 6. The molecule has 0 amide bonds. The van der Waals surface area contributed by atoms with Gasteiger partial charge in [0.1, 0.15) is 0 Å². The molecule has 15 aromatic carbocycles. The average molecular weight is 1250 g/mol. The first-order valence-electron chi connectivity index (χ1n) is 33.6. The van der Waals surface area contributed by atoms with Crippen molar-refractivity contribution in [1.82, 2.24) is 28.2 Å². The summed E-state index contributed by atoms with van der Waals surface area (Å²) in [4.78, 5) is 11.7. The molecule has 20 aromatic rings. The number of hydrogen-bond donors (Lipinski definition) is 0. The first kappa shape index (κ1) is 54.3. The number of rotatable bonds is 9. The van der Waals surface area contributed by atoms with Crippen LogP contribution in [-0.2, 0) is 0 Å². The molecular formula is C92H56N6. The molecule has 454 valence electrons. The Labute approximate surface area is 563 Å². The van der Waals surface area contributed by atoms with Gasteiger partial charge in [0.2, 0.25) is 0 Å². The van der Waals surface area contributed by atoms with E-state index in [1.54, 1.807) is 0 Å². The number of fused-ring (bicyclic) bond motifs is 15. The van der Waals surface area contributed by atoms with Gasteiger partial charge in [-0.25, -0.2) is 9.97 Å². The summed E-state index contributed by atoms with van der Waals surface area (Å²) in [7, 11) is 0. The highest BCUT2D eigenvalue weighted by molar-refractivity contribution is 6.19. The maximum atomic E-state index is 5.91. The van der Waals surface area contributed by atoms with E-state index in [9.17, 15) is 0 Å². The summed E-state index contributed by atoms with van der Waals surface area (Å²) in [5.74, 6) is 0.647. The zero-order valence-corrected chi connectivity index (χ0v) is 53.0. The maximum Gasteiger partial charge on any atom is 0.160 e. The predicted molar refractivity (Wildman–Crippen MR) is 409 cm³/mol. The molecule has 6 heteroatoms. The molecule has 98 heavy (non-hydrogen) atoms. The van der Waals surface area contributed by atoms with E-state index in [-0.39, 0.29) is 0 Å². The van der Waals surface area contributed by atoms with Crippen molar-refractivity contribution in [3.63, 3.8) is 0 Å². The third-order valence-electron chi connectivity index (χ3n) is 20.7. The largest absolute Gasteiger partial charge is 0.309 e. The van der Waals surface area contributed by atoms with Crippen molar-refractivity contribution >= 4 is 98.0 Å². The minimum Gasteiger partial charge on any atom is -0.309 e. The molecule has 21 rings (SSSR count). The highest BCUT2D eigenvalue weighted by Gasteiger charge is 2.30. The molecule has 6 nitrogen and oxygen atoms in total. The van der Waals surface area contributed by atoms with Gasteiger partial charge in [-0.1, -0.05) is 224 Å². The quantitative estimate of drug-likeness (QED) is 0.145. The maximum absolute atomic E-state index is 5.91. The Morgan fingerprint density at radius 1 is 0.194 bits per heavy atom. The minimum absolute atomic E-state index is 0.647. The highest BCUT2D eigenvalue weighted by atomic mass is 15.0. The molecule has 0 unspecified atom stereocenters.